The summed E-state index contributed by atoms with van der Waals surface area (Å²) in [6.45, 7) is -1.93. The van der Waals surface area contributed by atoms with Crippen LogP contribution in [0.5, 0.6) is 5.75 Å². The third kappa shape index (κ3) is 4.01. The zero-order valence-electron chi connectivity index (χ0n) is 19.5. The van der Waals surface area contributed by atoms with Crippen LogP contribution in [0.25, 0.3) is 0 Å². The molecule has 1 heterocycles. The Morgan fingerprint density at radius 3 is 2.24 bits per heavy atom. The Morgan fingerprint density at radius 2 is 1.66 bits per heavy atom. The molecule has 6 rings (SSSR count). The summed E-state index contributed by atoms with van der Waals surface area (Å²) in [7, 11) is 0. The highest BCUT2D eigenvalue weighted by molar-refractivity contribution is 5.44. The van der Waals surface area contributed by atoms with E-state index in [2.05, 4.69) is 15.5 Å². The van der Waals surface area contributed by atoms with Gasteiger partial charge in [0, 0.05) is 11.0 Å². The topological polar surface area (TPSA) is 93.3 Å². The van der Waals surface area contributed by atoms with Gasteiger partial charge in [0.1, 0.15) is 30.3 Å². The van der Waals surface area contributed by atoms with Crippen molar-refractivity contribution in [2.24, 2.45) is 5.41 Å². The Bertz CT molecular complexity index is 1300. The number of alkyl halides is 5. The number of halogens is 7. The molecule has 0 amide bonds. The van der Waals surface area contributed by atoms with Crippen LogP contribution in [0.15, 0.2) is 48.8 Å². The zero-order valence-corrected chi connectivity index (χ0v) is 19.5. The summed E-state index contributed by atoms with van der Waals surface area (Å²) in [5.41, 5.74) is -5.86. The van der Waals surface area contributed by atoms with Crippen molar-refractivity contribution in [2.45, 2.75) is 55.0 Å². The molecule has 3 saturated carbocycles. The van der Waals surface area contributed by atoms with Crippen LogP contribution in [0.1, 0.15) is 30.4 Å². The maximum absolute atomic E-state index is 16.2. The van der Waals surface area contributed by atoms with E-state index in [-0.39, 0.29) is 25.0 Å². The van der Waals surface area contributed by atoms with E-state index in [1.165, 1.54) is 24.3 Å². The fraction of sp³-hybridized carbons (Fsp3) is 0.458. The molecule has 3 fully saturated rings. The van der Waals surface area contributed by atoms with Crippen LogP contribution in [-0.4, -0.2) is 55.2 Å². The third-order valence-electron chi connectivity index (χ3n) is 7.62. The van der Waals surface area contributed by atoms with E-state index >= 15 is 8.78 Å². The van der Waals surface area contributed by atoms with Crippen LogP contribution >= 0.6 is 0 Å². The summed E-state index contributed by atoms with van der Waals surface area (Å²) in [6, 6.07) is 7.77. The van der Waals surface area contributed by atoms with E-state index in [9.17, 15) is 27.1 Å². The smallest absolute Gasteiger partial charge is 0.417 e. The van der Waals surface area contributed by atoms with Crippen molar-refractivity contribution in [3.8, 4) is 5.75 Å². The average Bonchev–Trinajstić information content (AvgIpc) is 3.30. The van der Waals surface area contributed by atoms with Crippen molar-refractivity contribution in [3.05, 3.63) is 71.6 Å². The lowest BCUT2D eigenvalue weighted by Crippen LogP contribution is -2.76. The van der Waals surface area contributed by atoms with Gasteiger partial charge in [0.25, 0.3) is 5.92 Å². The monoisotopic (exact) mass is 546 g/mol. The molecule has 2 atom stereocenters. The molecule has 1 aromatic heterocycles. The summed E-state index contributed by atoms with van der Waals surface area (Å²) in [6.07, 6.45) is -6.74. The normalized spacial score (nSPS) is 25.2. The quantitative estimate of drug-likeness (QED) is 0.396. The second-order valence-electron chi connectivity index (χ2n) is 10.1. The second kappa shape index (κ2) is 8.63. The fourth-order valence-electron chi connectivity index (χ4n) is 5.70. The first-order valence-electron chi connectivity index (χ1n) is 11.5. The summed E-state index contributed by atoms with van der Waals surface area (Å²) < 4.78 is 104. The highest BCUT2D eigenvalue weighted by atomic mass is 19.4. The maximum atomic E-state index is 16.2. The Balaban J connectivity index is 1.36. The second-order valence-corrected chi connectivity index (χ2v) is 10.1. The molecule has 1 unspecified atom stereocenters. The van der Waals surface area contributed by atoms with Gasteiger partial charge in [-0.25, -0.2) is 22.2 Å². The zero-order chi connectivity index (χ0) is 27.6. The number of tetrazole rings is 1. The van der Waals surface area contributed by atoms with Crippen LogP contribution in [0.3, 0.4) is 0 Å². The van der Waals surface area contributed by atoms with Gasteiger partial charge < -0.3 is 14.9 Å². The largest absolute Gasteiger partial charge is 0.491 e. The number of aromatic nitrogens is 4. The molecule has 38 heavy (non-hydrogen) atoms. The molecule has 14 heteroatoms. The van der Waals surface area contributed by atoms with Gasteiger partial charge in [-0.15, -0.1) is 5.10 Å². The van der Waals surface area contributed by atoms with Crippen molar-refractivity contribution in [3.63, 3.8) is 0 Å². The van der Waals surface area contributed by atoms with E-state index < -0.39 is 65.0 Å². The number of hydrogen-bond donors (Lipinski definition) is 2. The highest BCUT2D eigenvalue weighted by Crippen LogP contribution is 2.80. The lowest BCUT2D eigenvalue weighted by Gasteiger charge is -2.74. The van der Waals surface area contributed by atoms with Crippen LogP contribution < -0.4 is 4.74 Å². The van der Waals surface area contributed by atoms with E-state index in [0.29, 0.717) is 17.7 Å². The first kappa shape index (κ1) is 26.4. The number of ether oxygens (including phenoxy) is 1. The van der Waals surface area contributed by atoms with Crippen LogP contribution in [0.4, 0.5) is 30.7 Å². The lowest BCUT2D eigenvalue weighted by molar-refractivity contribution is -0.347. The number of benzene rings is 2. The maximum Gasteiger partial charge on any atom is 0.417 e. The molecule has 2 bridgehead atoms. The minimum absolute atomic E-state index is 0.0566. The van der Waals surface area contributed by atoms with E-state index in [1.54, 1.807) is 0 Å². The molecule has 2 N–H and O–H groups in total. The van der Waals surface area contributed by atoms with Crippen molar-refractivity contribution in [2.75, 3.05) is 6.61 Å². The van der Waals surface area contributed by atoms with Gasteiger partial charge in [-0.1, -0.05) is 12.1 Å². The number of aliphatic hydroxyl groups excluding tert-OH is 1. The predicted molar refractivity (Wildman–Crippen MR) is 115 cm³/mol. The average molecular weight is 546 g/mol. The molecule has 0 saturated heterocycles. The summed E-state index contributed by atoms with van der Waals surface area (Å²) in [5, 5.41) is 30.6. The Labute approximate surface area is 210 Å². The summed E-state index contributed by atoms with van der Waals surface area (Å²) >= 11 is 0. The SMILES string of the molecule is O[C@H](COc1ccc(C23CC(C(F)(F)C(O)(Cn4cnnn4)c4cc(F)ccc4F)(C2)C3)cc1)C(F)(F)F. The molecule has 204 valence electrons. The first-order chi connectivity index (χ1) is 17.7. The van der Waals surface area contributed by atoms with Gasteiger partial charge in [0.05, 0.1) is 6.54 Å². The molecule has 0 radical (unpaired) electrons. The summed E-state index contributed by atoms with van der Waals surface area (Å²) in [5.74, 6) is -6.10. The molecule has 2 aromatic carbocycles. The van der Waals surface area contributed by atoms with Crippen molar-refractivity contribution in [1.82, 2.24) is 20.2 Å². The number of hydrogen-bond acceptors (Lipinski definition) is 6. The first-order valence-corrected chi connectivity index (χ1v) is 11.5. The number of nitrogens with zero attached hydrogens (tertiary/aromatic N) is 4. The highest BCUT2D eigenvalue weighted by Gasteiger charge is 2.82. The molecular weight excluding hydrogens is 525 g/mol. The molecule has 0 aliphatic heterocycles. The van der Waals surface area contributed by atoms with Crippen LogP contribution in [0, 0.1) is 17.0 Å². The minimum Gasteiger partial charge on any atom is -0.491 e. The molecule has 3 aliphatic carbocycles. The Kier molecular flexibility index (Phi) is 5.98. The van der Waals surface area contributed by atoms with Gasteiger partial charge in [0.15, 0.2) is 11.7 Å². The van der Waals surface area contributed by atoms with E-state index in [1.807, 2.05) is 0 Å². The van der Waals surface area contributed by atoms with Crippen molar-refractivity contribution < 1.29 is 45.7 Å². The minimum atomic E-state index is -4.83. The van der Waals surface area contributed by atoms with E-state index in [4.69, 9.17) is 9.84 Å². The van der Waals surface area contributed by atoms with Crippen LogP contribution in [0.2, 0.25) is 0 Å². The fourth-order valence-corrected chi connectivity index (χ4v) is 5.70. The van der Waals surface area contributed by atoms with E-state index in [0.717, 1.165) is 17.1 Å². The molecule has 7 nitrogen and oxygen atoms in total. The van der Waals surface area contributed by atoms with Gasteiger partial charge in [0.2, 0.25) is 0 Å². The van der Waals surface area contributed by atoms with Crippen molar-refractivity contribution in [1.29, 1.82) is 0 Å². The molecular formula is C24H21F7N4O3. The van der Waals surface area contributed by atoms with Gasteiger partial charge in [-0.2, -0.15) is 13.2 Å². The predicted octanol–water partition coefficient (Wildman–Crippen LogP) is 3.90. The van der Waals surface area contributed by atoms with Gasteiger partial charge in [-0.3, -0.25) is 0 Å². The standard InChI is InChI=1S/C24H21F7N4O3/c25-15-3-6-18(26)17(7-15)22(37,12-35-13-32-33-34-35)24(30,31)21-9-20(10-21,11-21)14-1-4-16(5-2-14)38-8-19(36)23(27,28)29/h1-7,13,19,36-37H,8-12H2/t19-,20?,21?,22?/m1/s1. The molecule has 0 spiro atoms. The molecule has 3 aliphatic rings. The summed E-state index contributed by atoms with van der Waals surface area (Å²) in [4.78, 5) is 0. The lowest BCUT2D eigenvalue weighted by atomic mass is 9.30. The van der Waals surface area contributed by atoms with Crippen LogP contribution in [-0.2, 0) is 17.6 Å². The Morgan fingerprint density at radius 1 is 1.00 bits per heavy atom. The Hall–Kier alpha value is -3.26. The number of aliphatic hydroxyl groups is 2. The third-order valence-corrected chi connectivity index (χ3v) is 7.62. The van der Waals surface area contributed by atoms with Crippen molar-refractivity contribution >= 4 is 0 Å². The van der Waals surface area contributed by atoms with Gasteiger partial charge >= 0.3 is 6.18 Å². The van der Waals surface area contributed by atoms with Gasteiger partial charge in [-0.05, 0) is 71.0 Å². The molecule has 3 aromatic rings. The number of rotatable bonds is 9.